The Hall–Kier alpha value is -3.00. The highest BCUT2D eigenvalue weighted by molar-refractivity contribution is 6.00. The fourth-order valence-electron chi connectivity index (χ4n) is 4.33. The van der Waals surface area contributed by atoms with Crippen molar-refractivity contribution in [3.05, 3.63) is 53.3 Å². The van der Waals surface area contributed by atoms with E-state index >= 15 is 0 Å². The monoisotopic (exact) mass is 392 g/mol. The molecule has 0 atom stereocenters. The van der Waals surface area contributed by atoms with Crippen molar-refractivity contribution < 1.29 is 9.32 Å². The van der Waals surface area contributed by atoms with Crippen LogP contribution in [-0.4, -0.2) is 50.4 Å². The van der Waals surface area contributed by atoms with E-state index in [9.17, 15) is 4.79 Å². The molecule has 4 heterocycles. The number of aromatic nitrogens is 4. The van der Waals surface area contributed by atoms with Crippen molar-refractivity contribution in [2.45, 2.75) is 38.8 Å². The molecule has 0 bridgehead atoms. The van der Waals surface area contributed by atoms with Crippen LogP contribution in [-0.2, 0) is 13.1 Å². The molecule has 1 fully saturated rings. The maximum Gasteiger partial charge on any atom is 0.259 e. The van der Waals surface area contributed by atoms with Crippen molar-refractivity contribution in [2.24, 2.45) is 0 Å². The van der Waals surface area contributed by atoms with Crippen LogP contribution in [0.25, 0.3) is 11.3 Å². The molecule has 0 saturated carbocycles. The number of rotatable bonds is 3. The average molecular weight is 392 g/mol. The second kappa shape index (κ2) is 7.44. The van der Waals surface area contributed by atoms with Crippen LogP contribution in [0.3, 0.4) is 0 Å². The van der Waals surface area contributed by atoms with Gasteiger partial charge < -0.3 is 19.3 Å². The second-order valence-corrected chi connectivity index (χ2v) is 7.70. The fraction of sp³-hybridized carbons (Fsp3) is 0.429. The van der Waals surface area contributed by atoms with E-state index in [-0.39, 0.29) is 5.91 Å². The molecule has 2 aliphatic rings. The molecule has 0 spiro atoms. The molecule has 2 aliphatic heterocycles. The highest BCUT2D eigenvalue weighted by Gasteiger charge is 2.32. The first-order valence-electron chi connectivity index (χ1n) is 10.2. The molecule has 150 valence electrons. The summed E-state index contributed by atoms with van der Waals surface area (Å²) in [5.74, 6) is 2.98. The highest BCUT2D eigenvalue weighted by atomic mass is 16.5. The van der Waals surface area contributed by atoms with Gasteiger partial charge in [0, 0.05) is 37.7 Å². The van der Waals surface area contributed by atoms with Crippen molar-refractivity contribution in [2.75, 3.05) is 19.6 Å². The van der Waals surface area contributed by atoms with Crippen LogP contribution in [0, 0.1) is 6.92 Å². The largest absolute Gasteiger partial charge is 0.360 e. The molecular formula is C21H24N6O2. The molecule has 8 nitrogen and oxygen atoms in total. The Morgan fingerprint density at radius 1 is 1.14 bits per heavy atom. The lowest BCUT2D eigenvalue weighted by molar-refractivity contribution is 0.0709. The molecule has 1 amide bonds. The Labute approximate surface area is 168 Å². The molecule has 29 heavy (non-hydrogen) atoms. The molecule has 0 unspecified atom stereocenters. The maximum atomic E-state index is 13.3. The summed E-state index contributed by atoms with van der Waals surface area (Å²) in [6.45, 7) is 5.84. The molecular weight excluding hydrogens is 368 g/mol. The van der Waals surface area contributed by atoms with Gasteiger partial charge in [-0.05, 0) is 19.8 Å². The summed E-state index contributed by atoms with van der Waals surface area (Å²) >= 11 is 0. The molecule has 0 aliphatic carbocycles. The molecule has 1 N–H and O–H groups in total. The van der Waals surface area contributed by atoms with Crippen molar-refractivity contribution in [1.29, 1.82) is 0 Å². The first-order valence-corrected chi connectivity index (χ1v) is 10.2. The van der Waals surface area contributed by atoms with Gasteiger partial charge in [0.2, 0.25) is 0 Å². The first-order chi connectivity index (χ1) is 14.2. The van der Waals surface area contributed by atoms with E-state index in [1.54, 1.807) is 6.92 Å². The quantitative estimate of drug-likeness (QED) is 0.736. The Kier molecular flexibility index (Phi) is 4.63. The molecule has 3 aromatic rings. The summed E-state index contributed by atoms with van der Waals surface area (Å²) in [5, 5.41) is 16.3. The number of fused-ring (bicyclic) bond motifs is 1. The zero-order valence-corrected chi connectivity index (χ0v) is 16.5. The third-order valence-corrected chi connectivity index (χ3v) is 5.92. The van der Waals surface area contributed by atoms with E-state index in [1.807, 2.05) is 35.2 Å². The van der Waals surface area contributed by atoms with Gasteiger partial charge in [-0.3, -0.25) is 4.79 Å². The molecule has 5 rings (SSSR count). The number of amides is 1. The zero-order chi connectivity index (χ0) is 19.8. The number of benzene rings is 1. The molecule has 8 heteroatoms. The minimum Gasteiger partial charge on any atom is -0.360 e. The summed E-state index contributed by atoms with van der Waals surface area (Å²) in [5.41, 5.74) is 2.08. The van der Waals surface area contributed by atoms with Gasteiger partial charge in [0.1, 0.15) is 28.7 Å². The van der Waals surface area contributed by atoms with E-state index in [0.29, 0.717) is 36.0 Å². The smallest absolute Gasteiger partial charge is 0.259 e. The lowest BCUT2D eigenvalue weighted by atomic mass is 9.94. The summed E-state index contributed by atoms with van der Waals surface area (Å²) in [6, 6.07) is 9.72. The number of hydrogen-bond donors (Lipinski definition) is 1. The van der Waals surface area contributed by atoms with Crippen LogP contribution < -0.4 is 5.32 Å². The lowest BCUT2D eigenvalue weighted by Crippen LogP contribution is -2.39. The van der Waals surface area contributed by atoms with Crippen molar-refractivity contribution in [1.82, 2.24) is 30.1 Å². The Bertz CT molecular complexity index is 1020. The fourth-order valence-corrected chi connectivity index (χ4v) is 4.33. The van der Waals surface area contributed by atoms with Gasteiger partial charge in [-0.1, -0.05) is 35.5 Å². The summed E-state index contributed by atoms with van der Waals surface area (Å²) in [7, 11) is 0. The number of carbonyl (C=O) groups excluding carboxylic acids is 1. The molecule has 1 aromatic carbocycles. The van der Waals surface area contributed by atoms with Crippen LogP contribution in [0.2, 0.25) is 0 Å². The Morgan fingerprint density at radius 3 is 2.72 bits per heavy atom. The van der Waals surface area contributed by atoms with Crippen molar-refractivity contribution >= 4 is 5.91 Å². The summed E-state index contributed by atoms with van der Waals surface area (Å²) < 4.78 is 7.63. The topological polar surface area (TPSA) is 89.1 Å². The van der Waals surface area contributed by atoms with E-state index < -0.39 is 0 Å². The van der Waals surface area contributed by atoms with Crippen LogP contribution in [0.1, 0.15) is 46.5 Å². The van der Waals surface area contributed by atoms with E-state index in [2.05, 4.69) is 25.2 Å². The number of piperidine rings is 1. The number of nitrogens with one attached hydrogen (secondary N) is 1. The number of likely N-dealkylation sites (tertiary alicyclic amines) is 1. The molecule has 2 aromatic heterocycles. The SMILES string of the molecule is Cc1onc(-c2ccccc2)c1C(=O)N1CCC(c2nnc3n2CCNC3)CC1. The standard InChI is InChI=1S/C21H24N6O2/c1-14-18(19(25-29-14)15-5-3-2-4-6-15)21(28)26-10-7-16(8-11-26)20-24-23-17-13-22-9-12-27(17)20/h2-6,16,22H,7-13H2,1H3. The van der Waals surface area contributed by atoms with E-state index in [0.717, 1.165) is 49.7 Å². The van der Waals surface area contributed by atoms with Gasteiger partial charge in [0.15, 0.2) is 0 Å². The van der Waals surface area contributed by atoms with Gasteiger partial charge in [0.25, 0.3) is 5.91 Å². The maximum absolute atomic E-state index is 13.3. The highest BCUT2D eigenvalue weighted by Crippen LogP contribution is 2.31. The first kappa shape index (κ1) is 18.1. The zero-order valence-electron chi connectivity index (χ0n) is 16.5. The normalized spacial score (nSPS) is 17.3. The second-order valence-electron chi connectivity index (χ2n) is 7.70. The van der Waals surface area contributed by atoms with Crippen molar-refractivity contribution in [3.63, 3.8) is 0 Å². The summed E-state index contributed by atoms with van der Waals surface area (Å²) in [6.07, 6.45) is 1.78. The Balaban J connectivity index is 1.33. The minimum atomic E-state index is -0.00600. The number of hydrogen-bond acceptors (Lipinski definition) is 6. The van der Waals surface area contributed by atoms with Crippen molar-refractivity contribution in [3.8, 4) is 11.3 Å². The third-order valence-electron chi connectivity index (χ3n) is 5.92. The van der Waals surface area contributed by atoms with Crippen LogP contribution in [0.15, 0.2) is 34.9 Å². The van der Waals surface area contributed by atoms with Crippen LogP contribution in [0.4, 0.5) is 0 Å². The van der Waals surface area contributed by atoms with E-state index in [4.69, 9.17) is 4.52 Å². The minimum absolute atomic E-state index is 0.00600. The van der Waals surface area contributed by atoms with Gasteiger partial charge >= 0.3 is 0 Å². The van der Waals surface area contributed by atoms with Crippen LogP contribution in [0.5, 0.6) is 0 Å². The molecule has 1 saturated heterocycles. The number of carbonyl (C=O) groups is 1. The third kappa shape index (κ3) is 3.23. The average Bonchev–Trinajstić information content (AvgIpc) is 3.38. The summed E-state index contributed by atoms with van der Waals surface area (Å²) in [4.78, 5) is 15.2. The van der Waals surface area contributed by atoms with Crippen LogP contribution >= 0.6 is 0 Å². The Morgan fingerprint density at radius 2 is 1.93 bits per heavy atom. The van der Waals surface area contributed by atoms with Gasteiger partial charge in [-0.25, -0.2) is 0 Å². The number of nitrogens with zero attached hydrogens (tertiary/aromatic N) is 5. The lowest BCUT2D eigenvalue weighted by Gasteiger charge is -2.32. The predicted molar refractivity (Wildman–Crippen MR) is 106 cm³/mol. The van der Waals surface area contributed by atoms with Gasteiger partial charge in [-0.15, -0.1) is 10.2 Å². The van der Waals surface area contributed by atoms with E-state index in [1.165, 1.54) is 0 Å². The predicted octanol–water partition coefficient (Wildman–Crippen LogP) is 2.36. The van der Waals surface area contributed by atoms with Gasteiger partial charge in [0.05, 0.1) is 6.54 Å². The van der Waals surface area contributed by atoms with Gasteiger partial charge in [-0.2, -0.15) is 0 Å². The number of aryl methyl sites for hydroxylation is 1. The molecule has 0 radical (unpaired) electrons.